The van der Waals surface area contributed by atoms with E-state index in [1.54, 1.807) is 13.3 Å². The first kappa shape index (κ1) is 10.2. The van der Waals surface area contributed by atoms with Crippen molar-refractivity contribution in [2.24, 2.45) is 11.7 Å². The summed E-state index contributed by atoms with van der Waals surface area (Å²) in [4.78, 5) is 4.14. The van der Waals surface area contributed by atoms with E-state index in [0.717, 1.165) is 19.4 Å². The Bertz CT molecular complexity index is 324. The molecule has 1 saturated carbocycles. The SMILES string of the molecule is COc1cccnc1OC1CC(CN)C1. The number of ether oxygens (including phenoxy) is 2. The third kappa shape index (κ3) is 2.21. The molecule has 2 N–H and O–H groups in total. The molecule has 1 fully saturated rings. The molecule has 1 aromatic rings. The van der Waals surface area contributed by atoms with Gasteiger partial charge in [-0.3, -0.25) is 0 Å². The topological polar surface area (TPSA) is 57.4 Å². The van der Waals surface area contributed by atoms with Crippen LogP contribution < -0.4 is 15.2 Å². The second-order valence-corrected chi connectivity index (χ2v) is 3.82. The van der Waals surface area contributed by atoms with Gasteiger partial charge in [0.05, 0.1) is 7.11 Å². The van der Waals surface area contributed by atoms with E-state index < -0.39 is 0 Å². The summed E-state index contributed by atoms with van der Waals surface area (Å²) in [6.45, 7) is 0.749. The average molecular weight is 208 g/mol. The van der Waals surface area contributed by atoms with E-state index in [1.807, 2.05) is 12.1 Å². The van der Waals surface area contributed by atoms with Crippen LogP contribution in [0.5, 0.6) is 11.6 Å². The zero-order chi connectivity index (χ0) is 10.7. The smallest absolute Gasteiger partial charge is 0.257 e. The van der Waals surface area contributed by atoms with Gasteiger partial charge in [0.25, 0.3) is 5.88 Å². The fraction of sp³-hybridized carbons (Fsp3) is 0.545. The molecule has 1 aliphatic rings. The number of methoxy groups -OCH3 is 1. The Morgan fingerprint density at radius 2 is 2.33 bits per heavy atom. The van der Waals surface area contributed by atoms with Crippen LogP contribution in [0.25, 0.3) is 0 Å². The summed E-state index contributed by atoms with van der Waals surface area (Å²) in [5.74, 6) is 1.89. The Morgan fingerprint density at radius 3 is 3.00 bits per heavy atom. The van der Waals surface area contributed by atoms with Gasteiger partial charge in [0.1, 0.15) is 6.10 Å². The normalized spacial score (nSPS) is 24.4. The molecule has 0 radical (unpaired) electrons. The number of rotatable bonds is 4. The van der Waals surface area contributed by atoms with Gasteiger partial charge in [0, 0.05) is 6.20 Å². The lowest BCUT2D eigenvalue weighted by Crippen LogP contribution is -2.37. The highest BCUT2D eigenvalue weighted by Gasteiger charge is 2.30. The highest BCUT2D eigenvalue weighted by atomic mass is 16.5. The average Bonchev–Trinajstić information content (AvgIpc) is 2.23. The van der Waals surface area contributed by atoms with Gasteiger partial charge in [0.2, 0.25) is 0 Å². The van der Waals surface area contributed by atoms with Crippen molar-refractivity contribution in [3.8, 4) is 11.6 Å². The molecule has 0 atom stereocenters. The molecule has 1 heterocycles. The molecule has 0 bridgehead atoms. The van der Waals surface area contributed by atoms with E-state index in [1.165, 1.54) is 0 Å². The molecule has 2 rings (SSSR count). The molecule has 1 aromatic heterocycles. The summed E-state index contributed by atoms with van der Waals surface area (Å²) in [5, 5.41) is 0. The maximum Gasteiger partial charge on any atom is 0.257 e. The van der Waals surface area contributed by atoms with Crippen LogP contribution in [0, 0.1) is 5.92 Å². The van der Waals surface area contributed by atoms with E-state index in [2.05, 4.69) is 4.98 Å². The van der Waals surface area contributed by atoms with Crippen LogP contribution in [0.15, 0.2) is 18.3 Å². The van der Waals surface area contributed by atoms with Crippen molar-refractivity contribution in [3.63, 3.8) is 0 Å². The molecule has 0 aliphatic heterocycles. The molecule has 1 aliphatic carbocycles. The van der Waals surface area contributed by atoms with Crippen molar-refractivity contribution in [1.29, 1.82) is 0 Å². The van der Waals surface area contributed by atoms with Gasteiger partial charge < -0.3 is 15.2 Å². The van der Waals surface area contributed by atoms with Crippen LogP contribution in [0.1, 0.15) is 12.8 Å². The quantitative estimate of drug-likeness (QED) is 0.808. The molecule has 0 unspecified atom stereocenters. The molecule has 82 valence electrons. The predicted molar refractivity (Wildman–Crippen MR) is 57.0 cm³/mol. The summed E-state index contributed by atoms with van der Waals surface area (Å²) < 4.78 is 10.9. The van der Waals surface area contributed by atoms with Crippen LogP contribution in [-0.4, -0.2) is 24.7 Å². The van der Waals surface area contributed by atoms with Crippen molar-refractivity contribution >= 4 is 0 Å². The molecule has 0 saturated heterocycles. The van der Waals surface area contributed by atoms with Crippen LogP contribution in [0.2, 0.25) is 0 Å². The second-order valence-electron chi connectivity index (χ2n) is 3.82. The molecule has 15 heavy (non-hydrogen) atoms. The van der Waals surface area contributed by atoms with E-state index in [-0.39, 0.29) is 6.10 Å². The maximum atomic E-state index is 5.71. The summed E-state index contributed by atoms with van der Waals surface area (Å²) >= 11 is 0. The van der Waals surface area contributed by atoms with Crippen molar-refractivity contribution in [2.75, 3.05) is 13.7 Å². The van der Waals surface area contributed by atoms with E-state index in [0.29, 0.717) is 17.5 Å². The molecule has 0 aromatic carbocycles. The predicted octanol–water partition coefficient (Wildman–Crippen LogP) is 1.21. The number of aromatic nitrogens is 1. The minimum Gasteiger partial charge on any atom is -0.491 e. The third-order valence-corrected chi connectivity index (χ3v) is 2.76. The minimum absolute atomic E-state index is 0.252. The summed E-state index contributed by atoms with van der Waals surface area (Å²) in [5.41, 5.74) is 5.55. The lowest BCUT2D eigenvalue weighted by Gasteiger charge is -2.34. The van der Waals surface area contributed by atoms with Gasteiger partial charge in [-0.25, -0.2) is 4.98 Å². The highest BCUT2D eigenvalue weighted by Crippen LogP contribution is 2.33. The Morgan fingerprint density at radius 1 is 1.53 bits per heavy atom. The first-order valence-electron chi connectivity index (χ1n) is 5.19. The lowest BCUT2D eigenvalue weighted by atomic mass is 9.82. The number of pyridine rings is 1. The first-order chi connectivity index (χ1) is 7.33. The number of nitrogens with zero attached hydrogens (tertiary/aromatic N) is 1. The Balaban J connectivity index is 1.94. The number of hydrogen-bond acceptors (Lipinski definition) is 4. The van der Waals surface area contributed by atoms with Gasteiger partial charge in [-0.15, -0.1) is 0 Å². The standard InChI is InChI=1S/C11H16N2O2/c1-14-10-3-2-4-13-11(10)15-9-5-8(6-9)7-12/h2-4,8-9H,5-7,12H2,1H3. The van der Waals surface area contributed by atoms with E-state index in [9.17, 15) is 0 Å². The van der Waals surface area contributed by atoms with Gasteiger partial charge in [-0.05, 0) is 37.4 Å². The largest absolute Gasteiger partial charge is 0.491 e. The zero-order valence-electron chi connectivity index (χ0n) is 8.85. The number of nitrogens with two attached hydrogens (primary N) is 1. The first-order valence-corrected chi connectivity index (χ1v) is 5.19. The van der Waals surface area contributed by atoms with Crippen LogP contribution in [0.4, 0.5) is 0 Å². The zero-order valence-corrected chi connectivity index (χ0v) is 8.85. The lowest BCUT2D eigenvalue weighted by molar-refractivity contribution is 0.0620. The summed E-state index contributed by atoms with van der Waals surface area (Å²) in [6.07, 6.45) is 4.01. The van der Waals surface area contributed by atoms with E-state index >= 15 is 0 Å². The second kappa shape index (κ2) is 4.49. The fourth-order valence-corrected chi connectivity index (χ4v) is 1.74. The molecule has 0 spiro atoms. The number of hydrogen-bond donors (Lipinski definition) is 1. The monoisotopic (exact) mass is 208 g/mol. The molecule has 4 nitrogen and oxygen atoms in total. The molecule has 4 heteroatoms. The molecular formula is C11H16N2O2. The maximum absolute atomic E-state index is 5.71. The van der Waals surface area contributed by atoms with Crippen molar-refractivity contribution in [3.05, 3.63) is 18.3 Å². The van der Waals surface area contributed by atoms with Crippen LogP contribution in [-0.2, 0) is 0 Å². The van der Waals surface area contributed by atoms with Crippen molar-refractivity contribution in [2.45, 2.75) is 18.9 Å². The Labute approximate surface area is 89.4 Å². The van der Waals surface area contributed by atoms with Crippen molar-refractivity contribution < 1.29 is 9.47 Å². The van der Waals surface area contributed by atoms with Crippen LogP contribution in [0.3, 0.4) is 0 Å². The van der Waals surface area contributed by atoms with Crippen molar-refractivity contribution in [1.82, 2.24) is 4.98 Å². The molecular weight excluding hydrogens is 192 g/mol. The van der Waals surface area contributed by atoms with Gasteiger partial charge >= 0.3 is 0 Å². The Kier molecular flexibility index (Phi) is 3.06. The molecule has 0 amide bonds. The third-order valence-electron chi connectivity index (χ3n) is 2.76. The van der Waals surface area contributed by atoms with Crippen LogP contribution >= 0.6 is 0 Å². The fourth-order valence-electron chi connectivity index (χ4n) is 1.74. The Hall–Kier alpha value is -1.29. The summed E-state index contributed by atoms with van der Waals surface area (Å²) in [7, 11) is 1.62. The highest BCUT2D eigenvalue weighted by molar-refractivity contribution is 5.32. The van der Waals surface area contributed by atoms with Gasteiger partial charge in [-0.2, -0.15) is 0 Å². The van der Waals surface area contributed by atoms with E-state index in [4.69, 9.17) is 15.2 Å². The van der Waals surface area contributed by atoms with Gasteiger partial charge in [0.15, 0.2) is 5.75 Å². The van der Waals surface area contributed by atoms with Gasteiger partial charge in [-0.1, -0.05) is 0 Å². The minimum atomic E-state index is 0.252. The summed E-state index contributed by atoms with van der Waals surface area (Å²) in [6, 6.07) is 3.68.